The maximum atomic E-state index is 12.5. The van der Waals surface area contributed by atoms with Gasteiger partial charge in [-0.3, -0.25) is 14.9 Å². The summed E-state index contributed by atoms with van der Waals surface area (Å²) >= 11 is 0. The molecular formula is C23H28N2O6. The number of hydrogen-bond acceptors (Lipinski definition) is 7. The van der Waals surface area contributed by atoms with Crippen molar-refractivity contribution >= 4 is 18.0 Å². The molecule has 0 saturated carbocycles. The Balaban J connectivity index is 1.73. The van der Waals surface area contributed by atoms with E-state index in [4.69, 9.17) is 14.2 Å². The molecule has 8 heteroatoms. The van der Waals surface area contributed by atoms with Crippen LogP contribution in [0.2, 0.25) is 0 Å². The highest BCUT2D eigenvalue weighted by atomic mass is 16.6. The van der Waals surface area contributed by atoms with Crippen LogP contribution in [0.5, 0.6) is 11.5 Å². The zero-order chi connectivity index (χ0) is 22.5. The molecule has 0 aliphatic heterocycles. The summed E-state index contributed by atoms with van der Waals surface area (Å²) in [5.74, 6) is -0.211. The van der Waals surface area contributed by atoms with E-state index in [1.165, 1.54) is 0 Å². The van der Waals surface area contributed by atoms with E-state index in [-0.39, 0.29) is 25.6 Å². The summed E-state index contributed by atoms with van der Waals surface area (Å²) in [6.45, 7) is 3.76. The van der Waals surface area contributed by atoms with E-state index in [0.29, 0.717) is 17.9 Å². The van der Waals surface area contributed by atoms with Crippen LogP contribution in [0.1, 0.15) is 20.3 Å². The highest BCUT2D eigenvalue weighted by molar-refractivity contribution is 5.79. The van der Waals surface area contributed by atoms with Crippen LogP contribution < -0.4 is 20.1 Å². The van der Waals surface area contributed by atoms with Crippen molar-refractivity contribution in [1.82, 2.24) is 10.6 Å². The van der Waals surface area contributed by atoms with E-state index < -0.39 is 24.1 Å². The Morgan fingerprint density at radius 1 is 0.903 bits per heavy atom. The third-order valence-corrected chi connectivity index (χ3v) is 4.48. The Hall–Kier alpha value is -3.39. The summed E-state index contributed by atoms with van der Waals surface area (Å²) in [6, 6.07) is 16.7. The molecular weight excluding hydrogens is 400 g/mol. The van der Waals surface area contributed by atoms with Gasteiger partial charge in [-0.25, -0.2) is 4.79 Å². The maximum absolute atomic E-state index is 12.5. The molecule has 2 rings (SSSR count). The monoisotopic (exact) mass is 428 g/mol. The first-order chi connectivity index (χ1) is 15.0. The third-order valence-electron chi connectivity index (χ3n) is 4.48. The molecule has 31 heavy (non-hydrogen) atoms. The number of benzene rings is 2. The Morgan fingerprint density at radius 2 is 1.48 bits per heavy atom. The summed E-state index contributed by atoms with van der Waals surface area (Å²) < 4.78 is 15.6. The minimum Gasteiger partial charge on any atom is -0.463 e. The standard InChI is InChI=1S/C23H28N2O6/c1-3-17(2)21(25-16-20(26)30-18-10-6-4-7-11-18)22(27)29-15-14-24-23(28)31-19-12-8-5-9-13-19/h4-13,17,21,25H,3,14-16H2,1-2H3,(H,24,28). The first-order valence-electron chi connectivity index (χ1n) is 10.2. The van der Waals surface area contributed by atoms with Crippen molar-refractivity contribution in [1.29, 1.82) is 0 Å². The number of rotatable bonds is 11. The highest BCUT2D eigenvalue weighted by Gasteiger charge is 2.26. The lowest BCUT2D eigenvalue weighted by atomic mass is 9.99. The van der Waals surface area contributed by atoms with Gasteiger partial charge >= 0.3 is 18.0 Å². The Labute approximate surface area is 181 Å². The second kappa shape index (κ2) is 13.0. The lowest BCUT2D eigenvalue weighted by Crippen LogP contribution is -2.46. The summed E-state index contributed by atoms with van der Waals surface area (Å²) in [6.07, 6.45) is 0.0739. The molecule has 0 radical (unpaired) electrons. The fourth-order valence-electron chi connectivity index (χ4n) is 2.63. The van der Waals surface area contributed by atoms with Crippen LogP contribution >= 0.6 is 0 Å². The molecule has 0 aromatic heterocycles. The van der Waals surface area contributed by atoms with Crippen molar-refractivity contribution in [3.8, 4) is 11.5 Å². The van der Waals surface area contributed by atoms with Gasteiger partial charge in [-0.2, -0.15) is 0 Å². The molecule has 8 nitrogen and oxygen atoms in total. The van der Waals surface area contributed by atoms with Gasteiger partial charge in [0, 0.05) is 0 Å². The number of hydrogen-bond donors (Lipinski definition) is 2. The van der Waals surface area contributed by atoms with Crippen LogP contribution in [-0.2, 0) is 14.3 Å². The summed E-state index contributed by atoms with van der Waals surface area (Å²) in [5, 5.41) is 5.42. The smallest absolute Gasteiger partial charge is 0.412 e. The molecule has 2 aromatic rings. The average molecular weight is 428 g/mol. The fourth-order valence-corrected chi connectivity index (χ4v) is 2.63. The van der Waals surface area contributed by atoms with Crippen LogP contribution in [0.3, 0.4) is 0 Å². The van der Waals surface area contributed by atoms with Gasteiger partial charge in [0.05, 0.1) is 13.1 Å². The number of carbonyl (C=O) groups excluding carboxylic acids is 3. The van der Waals surface area contributed by atoms with Gasteiger partial charge in [-0.15, -0.1) is 0 Å². The van der Waals surface area contributed by atoms with E-state index in [0.717, 1.165) is 0 Å². The Morgan fingerprint density at radius 3 is 2.06 bits per heavy atom. The molecule has 2 unspecified atom stereocenters. The molecule has 0 aliphatic rings. The van der Waals surface area contributed by atoms with Gasteiger partial charge in [0.15, 0.2) is 0 Å². The average Bonchev–Trinajstić information content (AvgIpc) is 2.78. The molecule has 2 N–H and O–H groups in total. The number of nitrogens with one attached hydrogen (secondary N) is 2. The predicted molar refractivity (Wildman–Crippen MR) is 115 cm³/mol. The maximum Gasteiger partial charge on any atom is 0.412 e. The SMILES string of the molecule is CCC(C)C(NCC(=O)Oc1ccccc1)C(=O)OCCNC(=O)Oc1ccccc1. The lowest BCUT2D eigenvalue weighted by Gasteiger charge is -2.22. The first-order valence-corrected chi connectivity index (χ1v) is 10.2. The van der Waals surface area contributed by atoms with Gasteiger partial charge in [-0.1, -0.05) is 56.7 Å². The van der Waals surface area contributed by atoms with Crippen LogP contribution in [0.15, 0.2) is 60.7 Å². The number of carbonyl (C=O) groups is 3. The molecule has 0 fully saturated rings. The number of amides is 1. The third kappa shape index (κ3) is 8.88. The molecule has 166 valence electrons. The van der Waals surface area contributed by atoms with E-state index >= 15 is 0 Å². The quantitative estimate of drug-likeness (QED) is 0.322. The molecule has 0 bridgehead atoms. The van der Waals surface area contributed by atoms with Gasteiger partial charge in [-0.05, 0) is 30.2 Å². The van der Waals surface area contributed by atoms with Crippen molar-refractivity contribution in [3.63, 3.8) is 0 Å². The second-order valence-corrected chi connectivity index (χ2v) is 6.83. The van der Waals surface area contributed by atoms with E-state index in [9.17, 15) is 14.4 Å². The van der Waals surface area contributed by atoms with E-state index in [1.54, 1.807) is 48.5 Å². The molecule has 1 amide bonds. The number of para-hydroxylation sites is 2. The van der Waals surface area contributed by atoms with Crippen molar-refractivity contribution in [2.75, 3.05) is 19.7 Å². The van der Waals surface area contributed by atoms with Crippen molar-refractivity contribution in [2.45, 2.75) is 26.3 Å². The Kier molecular flexibility index (Phi) is 10.0. The number of esters is 2. The summed E-state index contributed by atoms with van der Waals surface area (Å²) in [4.78, 5) is 36.2. The van der Waals surface area contributed by atoms with E-state index in [1.807, 2.05) is 26.0 Å². The molecule has 0 aliphatic carbocycles. The van der Waals surface area contributed by atoms with Crippen molar-refractivity contribution in [3.05, 3.63) is 60.7 Å². The summed E-state index contributed by atoms with van der Waals surface area (Å²) in [5.41, 5.74) is 0. The first kappa shape index (κ1) is 23.9. The second-order valence-electron chi connectivity index (χ2n) is 6.83. The largest absolute Gasteiger partial charge is 0.463 e. The van der Waals surface area contributed by atoms with Gasteiger partial charge < -0.3 is 19.5 Å². The topological polar surface area (TPSA) is 103 Å². The van der Waals surface area contributed by atoms with Crippen molar-refractivity contribution in [2.24, 2.45) is 5.92 Å². The van der Waals surface area contributed by atoms with Crippen LogP contribution in [-0.4, -0.2) is 43.8 Å². The molecule has 0 heterocycles. The van der Waals surface area contributed by atoms with Crippen molar-refractivity contribution < 1.29 is 28.6 Å². The minimum atomic E-state index is -0.676. The zero-order valence-electron chi connectivity index (χ0n) is 17.7. The van der Waals surface area contributed by atoms with Gasteiger partial charge in [0.2, 0.25) is 0 Å². The van der Waals surface area contributed by atoms with Crippen LogP contribution in [0, 0.1) is 5.92 Å². The van der Waals surface area contributed by atoms with Gasteiger partial charge in [0.25, 0.3) is 0 Å². The minimum absolute atomic E-state index is 0.0220. The normalized spacial score (nSPS) is 12.3. The lowest BCUT2D eigenvalue weighted by molar-refractivity contribution is -0.147. The van der Waals surface area contributed by atoms with Crippen LogP contribution in [0.4, 0.5) is 4.79 Å². The molecule has 2 aromatic carbocycles. The predicted octanol–water partition coefficient (Wildman–Crippen LogP) is 2.93. The van der Waals surface area contributed by atoms with E-state index in [2.05, 4.69) is 10.6 Å². The Bertz CT molecular complexity index is 828. The summed E-state index contributed by atoms with van der Waals surface area (Å²) in [7, 11) is 0. The fraction of sp³-hybridized carbons (Fsp3) is 0.348. The number of ether oxygens (including phenoxy) is 3. The zero-order valence-corrected chi connectivity index (χ0v) is 17.7. The molecule has 2 atom stereocenters. The highest BCUT2D eigenvalue weighted by Crippen LogP contribution is 2.11. The van der Waals surface area contributed by atoms with Crippen LogP contribution in [0.25, 0.3) is 0 Å². The molecule has 0 spiro atoms. The molecule has 0 saturated heterocycles. The van der Waals surface area contributed by atoms with Gasteiger partial charge in [0.1, 0.15) is 24.1 Å².